The van der Waals surface area contributed by atoms with Gasteiger partial charge < -0.3 is 15.3 Å². The van der Waals surface area contributed by atoms with E-state index in [9.17, 15) is 4.79 Å². The summed E-state index contributed by atoms with van der Waals surface area (Å²) < 4.78 is 0. The van der Waals surface area contributed by atoms with E-state index in [-0.39, 0.29) is 12.1 Å². The first-order valence-electron chi connectivity index (χ1n) is 6.30. The molecule has 1 aliphatic rings. The summed E-state index contributed by atoms with van der Waals surface area (Å²) in [6.07, 6.45) is 3.54. The van der Waals surface area contributed by atoms with Gasteiger partial charge in [-0.05, 0) is 38.5 Å². The third-order valence-electron chi connectivity index (χ3n) is 3.15. The van der Waals surface area contributed by atoms with Crippen LogP contribution in [0.1, 0.15) is 39.5 Å². The highest BCUT2D eigenvalue weighted by Gasteiger charge is 2.19. The lowest BCUT2D eigenvalue weighted by molar-refractivity contribution is 0.169. The number of piperidine rings is 1. The van der Waals surface area contributed by atoms with E-state index in [0.29, 0.717) is 6.54 Å². The lowest BCUT2D eigenvalue weighted by Gasteiger charge is -2.30. The van der Waals surface area contributed by atoms with Gasteiger partial charge in [-0.1, -0.05) is 6.92 Å². The van der Waals surface area contributed by atoms with Crippen LogP contribution in [-0.4, -0.2) is 41.8 Å². The SMILES string of the molecule is CC(O)CCCNC(=O)N1CCC(C)CC1. The van der Waals surface area contributed by atoms with Crippen LogP contribution in [0.15, 0.2) is 0 Å². The summed E-state index contributed by atoms with van der Waals surface area (Å²) in [7, 11) is 0. The lowest BCUT2D eigenvalue weighted by atomic mass is 10.00. The maximum atomic E-state index is 11.7. The fraction of sp³-hybridized carbons (Fsp3) is 0.917. The molecule has 1 aliphatic heterocycles. The van der Waals surface area contributed by atoms with Gasteiger partial charge in [-0.15, -0.1) is 0 Å². The first-order valence-corrected chi connectivity index (χ1v) is 6.30. The van der Waals surface area contributed by atoms with Crippen LogP contribution < -0.4 is 5.32 Å². The second-order valence-corrected chi connectivity index (χ2v) is 4.89. The Bertz CT molecular complexity index is 211. The second-order valence-electron chi connectivity index (χ2n) is 4.89. The first kappa shape index (κ1) is 13.3. The molecule has 16 heavy (non-hydrogen) atoms. The van der Waals surface area contributed by atoms with Gasteiger partial charge in [-0.2, -0.15) is 0 Å². The van der Waals surface area contributed by atoms with E-state index in [1.54, 1.807) is 6.92 Å². The van der Waals surface area contributed by atoms with Crippen molar-refractivity contribution in [2.75, 3.05) is 19.6 Å². The molecule has 1 saturated heterocycles. The third kappa shape index (κ3) is 4.84. The number of carbonyl (C=O) groups is 1. The summed E-state index contributed by atoms with van der Waals surface area (Å²) in [6, 6.07) is 0.0532. The standard InChI is InChI=1S/C12H24N2O2/c1-10-5-8-14(9-6-10)12(16)13-7-3-4-11(2)15/h10-11,15H,3-9H2,1-2H3,(H,13,16). The predicted octanol–water partition coefficient (Wildman–Crippen LogP) is 1.59. The summed E-state index contributed by atoms with van der Waals surface area (Å²) in [6.45, 7) is 6.42. The molecule has 1 heterocycles. The summed E-state index contributed by atoms with van der Waals surface area (Å²) in [5, 5.41) is 12.0. The Morgan fingerprint density at radius 3 is 2.69 bits per heavy atom. The van der Waals surface area contributed by atoms with Crippen molar-refractivity contribution in [1.82, 2.24) is 10.2 Å². The largest absolute Gasteiger partial charge is 0.393 e. The minimum Gasteiger partial charge on any atom is -0.393 e. The molecule has 4 nitrogen and oxygen atoms in total. The van der Waals surface area contributed by atoms with Crippen molar-refractivity contribution in [3.05, 3.63) is 0 Å². The summed E-state index contributed by atoms with van der Waals surface area (Å²) in [5.41, 5.74) is 0. The monoisotopic (exact) mass is 228 g/mol. The molecule has 0 aromatic carbocycles. The highest BCUT2D eigenvalue weighted by molar-refractivity contribution is 5.74. The quantitative estimate of drug-likeness (QED) is 0.718. The van der Waals surface area contributed by atoms with E-state index in [1.165, 1.54) is 0 Å². The van der Waals surface area contributed by atoms with Crippen molar-refractivity contribution in [2.45, 2.75) is 45.6 Å². The van der Waals surface area contributed by atoms with Crippen molar-refractivity contribution < 1.29 is 9.90 Å². The van der Waals surface area contributed by atoms with Crippen LogP contribution in [-0.2, 0) is 0 Å². The van der Waals surface area contributed by atoms with Gasteiger partial charge in [0.15, 0.2) is 0 Å². The number of likely N-dealkylation sites (tertiary alicyclic amines) is 1. The minimum atomic E-state index is -0.271. The molecule has 0 radical (unpaired) electrons. The van der Waals surface area contributed by atoms with Gasteiger partial charge in [0.1, 0.15) is 0 Å². The number of hydrogen-bond acceptors (Lipinski definition) is 2. The molecule has 0 spiro atoms. The summed E-state index contributed by atoms with van der Waals surface area (Å²) >= 11 is 0. The third-order valence-corrected chi connectivity index (χ3v) is 3.15. The maximum Gasteiger partial charge on any atom is 0.317 e. The number of nitrogens with zero attached hydrogens (tertiary/aromatic N) is 1. The van der Waals surface area contributed by atoms with Gasteiger partial charge in [-0.3, -0.25) is 0 Å². The fourth-order valence-electron chi connectivity index (χ4n) is 1.92. The molecule has 1 rings (SSSR count). The van der Waals surface area contributed by atoms with Gasteiger partial charge in [0.2, 0.25) is 0 Å². The number of hydrogen-bond donors (Lipinski definition) is 2. The molecule has 0 aliphatic carbocycles. The molecule has 0 bridgehead atoms. The molecule has 4 heteroatoms. The van der Waals surface area contributed by atoms with Crippen LogP contribution in [0.3, 0.4) is 0 Å². The Labute approximate surface area is 98.0 Å². The number of rotatable bonds is 4. The zero-order valence-corrected chi connectivity index (χ0v) is 10.4. The predicted molar refractivity (Wildman–Crippen MR) is 64.3 cm³/mol. The second kappa shape index (κ2) is 6.74. The molecule has 1 unspecified atom stereocenters. The van der Waals surface area contributed by atoms with E-state index < -0.39 is 0 Å². The van der Waals surface area contributed by atoms with Crippen LogP contribution >= 0.6 is 0 Å². The molecular weight excluding hydrogens is 204 g/mol. The Kier molecular flexibility index (Phi) is 5.60. The van der Waals surface area contributed by atoms with Crippen LogP contribution in [0.25, 0.3) is 0 Å². The van der Waals surface area contributed by atoms with Gasteiger partial charge in [0.05, 0.1) is 6.10 Å². The zero-order chi connectivity index (χ0) is 12.0. The van der Waals surface area contributed by atoms with E-state index in [1.807, 2.05) is 4.90 Å². The molecule has 0 aromatic rings. The molecular formula is C12H24N2O2. The van der Waals surface area contributed by atoms with Crippen LogP contribution in [0.4, 0.5) is 4.79 Å². The van der Waals surface area contributed by atoms with Crippen LogP contribution in [0.2, 0.25) is 0 Å². The Balaban J connectivity index is 2.10. The number of urea groups is 1. The summed E-state index contributed by atoms with van der Waals surface area (Å²) in [5.74, 6) is 0.749. The number of aliphatic hydroxyl groups excluding tert-OH is 1. The molecule has 2 N–H and O–H groups in total. The van der Waals surface area contributed by atoms with Crippen molar-refractivity contribution in [3.63, 3.8) is 0 Å². The molecule has 1 atom stereocenters. The smallest absolute Gasteiger partial charge is 0.317 e. The molecule has 1 fully saturated rings. The Hall–Kier alpha value is -0.770. The van der Waals surface area contributed by atoms with E-state index in [4.69, 9.17) is 5.11 Å². The van der Waals surface area contributed by atoms with Crippen LogP contribution in [0, 0.1) is 5.92 Å². The highest BCUT2D eigenvalue weighted by atomic mass is 16.3. The average Bonchev–Trinajstić information content (AvgIpc) is 2.25. The highest BCUT2D eigenvalue weighted by Crippen LogP contribution is 2.15. The van der Waals surface area contributed by atoms with Crippen molar-refractivity contribution in [3.8, 4) is 0 Å². The van der Waals surface area contributed by atoms with Gasteiger partial charge in [-0.25, -0.2) is 4.79 Å². The molecule has 0 saturated carbocycles. The van der Waals surface area contributed by atoms with E-state index in [2.05, 4.69) is 12.2 Å². The molecule has 94 valence electrons. The van der Waals surface area contributed by atoms with Gasteiger partial charge >= 0.3 is 6.03 Å². The number of nitrogens with one attached hydrogen (secondary N) is 1. The maximum absolute atomic E-state index is 11.7. The lowest BCUT2D eigenvalue weighted by Crippen LogP contribution is -2.44. The van der Waals surface area contributed by atoms with E-state index >= 15 is 0 Å². The Morgan fingerprint density at radius 2 is 2.12 bits per heavy atom. The summed E-state index contributed by atoms with van der Waals surface area (Å²) in [4.78, 5) is 13.6. The number of amides is 2. The number of aliphatic hydroxyl groups is 1. The minimum absolute atomic E-state index is 0.0532. The molecule has 0 aromatic heterocycles. The Morgan fingerprint density at radius 1 is 1.50 bits per heavy atom. The van der Waals surface area contributed by atoms with Gasteiger partial charge in [0, 0.05) is 19.6 Å². The zero-order valence-electron chi connectivity index (χ0n) is 10.4. The fourth-order valence-corrected chi connectivity index (χ4v) is 1.92. The average molecular weight is 228 g/mol. The molecule has 2 amide bonds. The van der Waals surface area contributed by atoms with E-state index in [0.717, 1.165) is 44.7 Å². The first-order chi connectivity index (χ1) is 7.59. The van der Waals surface area contributed by atoms with Gasteiger partial charge in [0.25, 0.3) is 0 Å². The number of carbonyl (C=O) groups excluding carboxylic acids is 1. The van der Waals surface area contributed by atoms with Crippen molar-refractivity contribution in [2.24, 2.45) is 5.92 Å². The van der Waals surface area contributed by atoms with Crippen LogP contribution in [0.5, 0.6) is 0 Å². The van der Waals surface area contributed by atoms with Crippen molar-refractivity contribution >= 4 is 6.03 Å². The topological polar surface area (TPSA) is 52.6 Å². The normalized spacial score (nSPS) is 19.6. The van der Waals surface area contributed by atoms with Crippen molar-refractivity contribution in [1.29, 1.82) is 0 Å².